The molecule has 0 aliphatic rings. The quantitative estimate of drug-likeness (QED) is 0.837. The summed E-state index contributed by atoms with van der Waals surface area (Å²) in [4.78, 5) is 0. The number of hydrogen-bond donors (Lipinski definition) is 0. The van der Waals surface area contributed by atoms with Crippen molar-refractivity contribution in [2.24, 2.45) is 0 Å². The first kappa shape index (κ1) is 13.1. The molecule has 0 fully saturated rings. The van der Waals surface area contributed by atoms with E-state index in [1.165, 1.54) is 6.07 Å². The van der Waals surface area contributed by atoms with Gasteiger partial charge in [0.2, 0.25) is 0 Å². The lowest BCUT2D eigenvalue weighted by molar-refractivity contribution is 0.588. The first-order valence-electron chi connectivity index (χ1n) is 5.97. The van der Waals surface area contributed by atoms with Gasteiger partial charge in [0.05, 0.1) is 11.3 Å². The van der Waals surface area contributed by atoms with Crippen LogP contribution in [0.1, 0.15) is 13.3 Å². The van der Waals surface area contributed by atoms with Crippen LogP contribution in [0.3, 0.4) is 0 Å². The molecule has 0 aliphatic carbocycles. The van der Waals surface area contributed by atoms with Gasteiger partial charge >= 0.3 is 0 Å². The average Bonchev–Trinajstić information content (AvgIpc) is 2.71. The standard InChI is InChI=1S/C13H16FNO2S/c1-2-9-18(16,17)10-8-15-7-6-11-12(14)4-3-5-13(11)15/h3-7H,2,8-10H2,1H3. The minimum absolute atomic E-state index is 0.0983. The van der Waals surface area contributed by atoms with Crippen molar-refractivity contribution in [3.63, 3.8) is 0 Å². The van der Waals surface area contributed by atoms with E-state index in [0.29, 0.717) is 18.4 Å². The lowest BCUT2D eigenvalue weighted by atomic mass is 10.2. The van der Waals surface area contributed by atoms with Crippen molar-refractivity contribution in [2.75, 3.05) is 11.5 Å². The molecule has 0 N–H and O–H groups in total. The van der Waals surface area contributed by atoms with Crippen LogP contribution in [-0.2, 0) is 16.4 Å². The molecule has 5 heteroatoms. The normalized spacial score (nSPS) is 12.1. The molecule has 0 aliphatic heterocycles. The van der Waals surface area contributed by atoms with Crippen molar-refractivity contribution in [3.8, 4) is 0 Å². The number of benzene rings is 1. The van der Waals surface area contributed by atoms with Crippen LogP contribution in [0.2, 0.25) is 0 Å². The van der Waals surface area contributed by atoms with Crippen LogP contribution in [0.4, 0.5) is 4.39 Å². The Kier molecular flexibility index (Phi) is 3.71. The topological polar surface area (TPSA) is 39.1 Å². The van der Waals surface area contributed by atoms with Crippen LogP contribution in [0.25, 0.3) is 10.9 Å². The summed E-state index contributed by atoms with van der Waals surface area (Å²) in [6.45, 7) is 2.22. The summed E-state index contributed by atoms with van der Waals surface area (Å²) in [6, 6.07) is 6.51. The number of hydrogen-bond acceptors (Lipinski definition) is 2. The van der Waals surface area contributed by atoms with Gasteiger partial charge in [-0.15, -0.1) is 0 Å². The Morgan fingerprint density at radius 2 is 2.00 bits per heavy atom. The lowest BCUT2D eigenvalue weighted by Crippen LogP contribution is -2.15. The zero-order valence-corrected chi connectivity index (χ0v) is 11.1. The molecular formula is C13H16FNO2S. The molecule has 2 rings (SSSR count). The van der Waals surface area contributed by atoms with E-state index in [2.05, 4.69) is 0 Å². The lowest BCUT2D eigenvalue weighted by Gasteiger charge is -2.06. The minimum atomic E-state index is -3.00. The summed E-state index contributed by atoms with van der Waals surface area (Å²) in [6.07, 6.45) is 2.36. The summed E-state index contributed by atoms with van der Waals surface area (Å²) < 4.78 is 38.5. The third kappa shape index (κ3) is 2.72. The molecule has 2 aromatic rings. The maximum Gasteiger partial charge on any atom is 0.152 e. The maximum atomic E-state index is 13.5. The predicted molar refractivity (Wildman–Crippen MR) is 70.8 cm³/mol. The first-order valence-corrected chi connectivity index (χ1v) is 7.79. The molecule has 1 heterocycles. The Morgan fingerprint density at radius 3 is 2.72 bits per heavy atom. The van der Waals surface area contributed by atoms with E-state index in [1.807, 2.05) is 6.92 Å². The molecule has 98 valence electrons. The summed E-state index contributed by atoms with van der Waals surface area (Å²) >= 11 is 0. The minimum Gasteiger partial charge on any atom is -0.346 e. The summed E-state index contributed by atoms with van der Waals surface area (Å²) in [5, 5.41) is 0.533. The van der Waals surface area contributed by atoms with Crippen LogP contribution in [0.15, 0.2) is 30.5 Å². The van der Waals surface area contributed by atoms with E-state index in [-0.39, 0.29) is 17.3 Å². The molecule has 0 spiro atoms. The molecule has 0 bridgehead atoms. The van der Waals surface area contributed by atoms with Crippen LogP contribution >= 0.6 is 0 Å². The number of sulfone groups is 1. The molecule has 0 amide bonds. The van der Waals surface area contributed by atoms with Gasteiger partial charge in [-0.05, 0) is 24.6 Å². The second-order valence-electron chi connectivity index (χ2n) is 4.33. The third-order valence-electron chi connectivity index (χ3n) is 2.92. The monoisotopic (exact) mass is 269 g/mol. The number of halogens is 1. The first-order chi connectivity index (χ1) is 8.53. The highest BCUT2D eigenvalue weighted by molar-refractivity contribution is 7.91. The average molecular weight is 269 g/mol. The third-order valence-corrected chi connectivity index (χ3v) is 4.75. The van der Waals surface area contributed by atoms with E-state index in [1.54, 1.807) is 29.0 Å². The molecule has 1 aromatic carbocycles. The van der Waals surface area contributed by atoms with Crippen molar-refractivity contribution in [3.05, 3.63) is 36.3 Å². The fraction of sp³-hybridized carbons (Fsp3) is 0.385. The maximum absolute atomic E-state index is 13.5. The smallest absolute Gasteiger partial charge is 0.152 e. The van der Waals surface area contributed by atoms with Gasteiger partial charge in [-0.25, -0.2) is 12.8 Å². The van der Waals surface area contributed by atoms with Crippen LogP contribution in [-0.4, -0.2) is 24.5 Å². The SMILES string of the molecule is CCCS(=O)(=O)CCn1ccc2c(F)cccc21. The van der Waals surface area contributed by atoms with Gasteiger partial charge < -0.3 is 4.57 Å². The largest absolute Gasteiger partial charge is 0.346 e. The van der Waals surface area contributed by atoms with Crippen molar-refractivity contribution in [1.29, 1.82) is 0 Å². The van der Waals surface area contributed by atoms with Crippen molar-refractivity contribution in [1.82, 2.24) is 4.57 Å². The van der Waals surface area contributed by atoms with Gasteiger partial charge in [0.1, 0.15) is 5.82 Å². The number of fused-ring (bicyclic) bond motifs is 1. The Bertz CT molecular complexity index is 646. The van der Waals surface area contributed by atoms with Gasteiger partial charge in [-0.2, -0.15) is 0 Å². The zero-order chi connectivity index (χ0) is 13.2. The zero-order valence-electron chi connectivity index (χ0n) is 10.3. The van der Waals surface area contributed by atoms with Gasteiger partial charge in [0.15, 0.2) is 9.84 Å². The molecule has 0 saturated heterocycles. The molecular weight excluding hydrogens is 253 g/mol. The molecule has 1 aromatic heterocycles. The van der Waals surface area contributed by atoms with E-state index in [4.69, 9.17) is 0 Å². The highest BCUT2D eigenvalue weighted by Gasteiger charge is 2.11. The number of aryl methyl sites for hydroxylation is 1. The Hall–Kier alpha value is -1.36. The molecule has 18 heavy (non-hydrogen) atoms. The molecule has 3 nitrogen and oxygen atoms in total. The van der Waals surface area contributed by atoms with Crippen molar-refractivity contribution < 1.29 is 12.8 Å². The Morgan fingerprint density at radius 1 is 1.22 bits per heavy atom. The molecule has 0 radical (unpaired) electrons. The van der Waals surface area contributed by atoms with Gasteiger partial charge in [-0.1, -0.05) is 13.0 Å². The molecule has 0 unspecified atom stereocenters. The van der Waals surface area contributed by atoms with Gasteiger partial charge in [0.25, 0.3) is 0 Å². The molecule has 0 saturated carbocycles. The highest BCUT2D eigenvalue weighted by atomic mass is 32.2. The Labute approximate surface area is 106 Å². The second-order valence-corrected chi connectivity index (χ2v) is 6.64. The predicted octanol–water partition coefficient (Wildman–Crippen LogP) is 2.61. The van der Waals surface area contributed by atoms with Crippen molar-refractivity contribution in [2.45, 2.75) is 19.9 Å². The van der Waals surface area contributed by atoms with Crippen LogP contribution < -0.4 is 0 Å². The number of rotatable bonds is 5. The van der Waals surface area contributed by atoms with E-state index >= 15 is 0 Å². The number of aromatic nitrogens is 1. The Balaban J connectivity index is 2.21. The van der Waals surface area contributed by atoms with Crippen LogP contribution in [0.5, 0.6) is 0 Å². The van der Waals surface area contributed by atoms with Crippen LogP contribution in [0, 0.1) is 5.82 Å². The summed E-state index contributed by atoms with van der Waals surface area (Å²) in [5.41, 5.74) is 0.738. The number of nitrogens with zero attached hydrogens (tertiary/aromatic N) is 1. The fourth-order valence-corrected chi connectivity index (χ4v) is 3.33. The summed E-state index contributed by atoms with van der Waals surface area (Å²) in [5.74, 6) is 0.0319. The second kappa shape index (κ2) is 5.10. The van der Waals surface area contributed by atoms with E-state index in [0.717, 1.165) is 5.52 Å². The van der Waals surface area contributed by atoms with Crippen molar-refractivity contribution >= 4 is 20.7 Å². The summed E-state index contributed by atoms with van der Waals surface area (Å²) in [7, 11) is -3.00. The fourth-order valence-electron chi connectivity index (χ4n) is 2.03. The van der Waals surface area contributed by atoms with Gasteiger partial charge in [0, 0.05) is 23.9 Å². The molecule has 0 atom stereocenters. The van der Waals surface area contributed by atoms with Gasteiger partial charge in [-0.3, -0.25) is 0 Å². The van der Waals surface area contributed by atoms with E-state index < -0.39 is 9.84 Å². The highest BCUT2D eigenvalue weighted by Crippen LogP contribution is 2.19. The van der Waals surface area contributed by atoms with E-state index in [9.17, 15) is 12.8 Å².